The molecule has 2 amide bonds. The normalized spacial score (nSPS) is 12.4. The molecule has 7 nitrogen and oxygen atoms in total. The van der Waals surface area contributed by atoms with Gasteiger partial charge in [-0.05, 0) is 82.9 Å². The summed E-state index contributed by atoms with van der Waals surface area (Å²) < 4.78 is 12.4. The van der Waals surface area contributed by atoms with Gasteiger partial charge in [-0.1, -0.05) is 83.4 Å². The Kier molecular flexibility index (Phi) is 11.6. The van der Waals surface area contributed by atoms with Gasteiger partial charge in [0.05, 0.1) is 15.7 Å². The second-order valence-electron chi connectivity index (χ2n) is 9.78. The molecule has 0 saturated heterocycles. The minimum absolute atomic E-state index is 0.251. The third-order valence-electron chi connectivity index (χ3n) is 6.34. The van der Waals surface area contributed by atoms with Crippen molar-refractivity contribution in [3.63, 3.8) is 0 Å². The summed E-state index contributed by atoms with van der Waals surface area (Å²) in [5.41, 5.74) is 6.40. The molecule has 0 aromatic heterocycles. The first-order chi connectivity index (χ1) is 20.7. The molecule has 4 rings (SSSR count). The Labute approximate surface area is 269 Å². The first-order valence-corrected chi connectivity index (χ1v) is 15.0. The largest absolute Gasteiger partial charge is 0.488 e. The SMILES string of the molecule is Cc1ccc(COc2ccc(/C=N\NC(=O)[C@H](Cc3ccccc3)NC(=O)[C@@H](C)Oc3ccc(Cl)cc3Cl)cc2Br)cc1. The van der Waals surface area contributed by atoms with Crippen molar-refractivity contribution in [2.45, 2.75) is 39.0 Å². The predicted octanol–water partition coefficient (Wildman–Crippen LogP) is 7.29. The fraction of sp³-hybridized carbons (Fsp3) is 0.182. The first kappa shape index (κ1) is 32.1. The molecule has 4 aromatic carbocycles. The molecule has 0 aliphatic rings. The summed E-state index contributed by atoms with van der Waals surface area (Å²) in [5, 5.41) is 7.61. The number of hydrazone groups is 1. The summed E-state index contributed by atoms with van der Waals surface area (Å²) in [6.07, 6.45) is 0.834. The monoisotopic (exact) mass is 681 g/mol. The van der Waals surface area contributed by atoms with Crippen LogP contribution in [0, 0.1) is 6.92 Å². The molecule has 2 N–H and O–H groups in total. The number of nitrogens with zero attached hydrogens (tertiary/aromatic N) is 1. The van der Waals surface area contributed by atoms with E-state index in [0.29, 0.717) is 23.1 Å². The molecule has 0 aliphatic carbocycles. The molecule has 0 bridgehead atoms. The summed E-state index contributed by atoms with van der Waals surface area (Å²) in [4.78, 5) is 26.2. The lowest BCUT2D eigenvalue weighted by Gasteiger charge is -2.21. The van der Waals surface area contributed by atoms with Gasteiger partial charge >= 0.3 is 0 Å². The number of carbonyl (C=O) groups excluding carboxylic acids is 2. The maximum atomic E-state index is 13.2. The van der Waals surface area contributed by atoms with Gasteiger partial charge in [-0.2, -0.15) is 5.10 Å². The molecule has 0 unspecified atom stereocenters. The number of nitrogens with one attached hydrogen (secondary N) is 2. The van der Waals surface area contributed by atoms with Gasteiger partial charge in [-0.25, -0.2) is 5.43 Å². The number of ether oxygens (including phenoxy) is 2. The van der Waals surface area contributed by atoms with Crippen LogP contribution in [-0.4, -0.2) is 30.2 Å². The summed E-state index contributed by atoms with van der Waals surface area (Å²) in [6.45, 7) is 4.05. The van der Waals surface area contributed by atoms with Crippen molar-refractivity contribution in [2.24, 2.45) is 5.10 Å². The van der Waals surface area contributed by atoms with E-state index in [1.807, 2.05) is 79.7 Å². The molecule has 0 fully saturated rings. The number of hydrogen-bond acceptors (Lipinski definition) is 5. The van der Waals surface area contributed by atoms with Crippen LogP contribution < -0.4 is 20.2 Å². The summed E-state index contributed by atoms with van der Waals surface area (Å²) in [5.74, 6) is 0.0160. The molecular weight excluding hydrogens is 653 g/mol. The van der Waals surface area contributed by atoms with E-state index >= 15 is 0 Å². The van der Waals surface area contributed by atoms with Gasteiger partial charge in [0, 0.05) is 11.4 Å². The van der Waals surface area contributed by atoms with Crippen LogP contribution in [0.4, 0.5) is 0 Å². The molecule has 0 saturated carbocycles. The van der Waals surface area contributed by atoms with Gasteiger partial charge in [-0.3, -0.25) is 9.59 Å². The topological polar surface area (TPSA) is 89.0 Å². The fourth-order valence-electron chi connectivity index (χ4n) is 3.97. The maximum absolute atomic E-state index is 13.2. The molecule has 0 heterocycles. The van der Waals surface area contributed by atoms with E-state index in [0.717, 1.165) is 21.2 Å². The summed E-state index contributed by atoms with van der Waals surface area (Å²) in [7, 11) is 0. The lowest BCUT2D eigenvalue weighted by Crippen LogP contribution is -2.50. The quantitative estimate of drug-likeness (QED) is 0.121. The number of benzene rings is 4. The number of hydrogen-bond donors (Lipinski definition) is 2. The Morgan fingerprint density at radius 3 is 2.33 bits per heavy atom. The number of halogens is 3. The van der Waals surface area contributed by atoms with Crippen molar-refractivity contribution in [3.05, 3.63) is 128 Å². The van der Waals surface area contributed by atoms with Gasteiger partial charge in [0.25, 0.3) is 11.8 Å². The van der Waals surface area contributed by atoms with Crippen molar-refractivity contribution in [2.75, 3.05) is 0 Å². The zero-order valence-corrected chi connectivity index (χ0v) is 26.6. The van der Waals surface area contributed by atoms with Crippen molar-refractivity contribution >= 4 is 57.2 Å². The van der Waals surface area contributed by atoms with E-state index in [9.17, 15) is 9.59 Å². The van der Waals surface area contributed by atoms with Gasteiger partial charge in [0.2, 0.25) is 0 Å². The van der Waals surface area contributed by atoms with Crippen molar-refractivity contribution in [1.29, 1.82) is 0 Å². The molecule has 43 heavy (non-hydrogen) atoms. The van der Waals surface area contributed by atoms with Gasteiger partial charge < -0.3 is 14.8 Å². The van der Waals surface area contributed by atoms with Gasteiger partial charge in [0.1, 0.15) is 24.1 Å². The van der Waals surface area contributed by atoms with Crippen LogP contribution in [0.15, 0.2) is 101 Å². The highest BCUT2D eigenvalue weighted by molar-refractivity contribution is 9.10. The standard InChI is InChI=1S/C33H30BrCl2N3O4/c1-21-8-10-24(11-9-21)20-42-30-14-12-25(16-27(30)34)19-37-39-33(41)29(17-23-6-4-3-5-7-23)38-32(40)22(2)43-31-15-13-26(35)18-28(31)36/h3-16,18-19,22,29H,17,20H2,1-2H3,(H,38,40)(H,39,41)/b37-19-/t22-,29+/m1/s1. The Bertz CT molecular complexity index is 1580. The van der Waals surface area contributed by atoms with Gasteiger partial charge in [0.15, 0.2) is 6.10 Å². The average Bonchev–Trinajstić information content (AvgIpc) is 2.99. The third-order valence-corrected chi connectivity index (χ3v) is 7.49. The van der Waals surface area contributed by atoms with Crippen LogP contribution >= 0.6 is 39.1 Å². The Hall–Kier alpha value is -3.85. The highest BCUT2D eigenvalue weighted by Crippen LogP contribution is 2.28. The smallest absolute Gasteiger partial charge is 0.262 e. The van der Waals surface area contributed by atoms with Crippen molar-refractivity contribution in [1.82, 2.24) is 10.7 Å². The Morgan fingerprint density at radius 1 is 0.907 bits per heavy atom. The van der Waals surface area contributed by atoms with Crippen LogP contribution in [0.3, 0.4) is 0 Å². The molecule has 4 aromatic rings. The summed E-state index contributed by atoms with van der Waals surface area (Å²) >= 11 is 15.7. The predicted molar refractivity (Wildman–Crippen MR) is 174 cm³/mol. The van der Waals surface area contributed by atoms with Crippen LogP contribution in [-0.2, 0) is 22.6 Å². The second-order valence-corrected chi connectivity index (χ2v) is 11.5. The molecule has 2 atom stereocenters. The van der Waals surface area contributed by atoms with E-state index < -0.39 is 24.0 Å². The number of amides is 2. The third kappa shape index (κ3) is 9.85. The zero-order chi connectivity index (χ0) is 30.8. The van der Waals surface area contributed by atoms with Crippen LogP contribution in [0.5, 0.6) is 11.5 Å². The fourth-order valence-corrected chi connectivity index (χ4v) is 4.94. The van der Waals surface area contributed by atoms with Crippen LogP contribution in [0.1, 0.15) is 29.2 Å². The van der Waals surface area contributed by atoms with Crippen LogP contribution in [0.25, 0.3) is 0 Å². The highest BCUT2D eigenvalue weighted by atomic mass is 79.9. The minimum atomic E-state index is -0.933. The minimum Gasteiger partial charge on any atom is -0.488 e. The van der Waals surface area contributed by atoms with E-state index in [2.05, 4.69) is 31.8 Å². The van der Waals surface area contributed by atoms with E-state index in [1.165, 1.54) is 17.8 Å². The lowest BCUT2D eigenvalue weighted by atomic mass is 10.1. The first-order valence-electron chi connectivity index (χ1n) is 13.4. The lowest BCUT2D eigenvalue weighted by molar-refractivity contribution is -0.132. The van der Waals surface area contributed by atoms with Crippen molar-refractivity contribution in [3.8, 4) is 11.5 Å². The molecule has 222 valence electrons. The zero-order valence-electron chi connectivity index (χ0n) is 23.5. The van der Waals surface area contributed by atoms with E-state index in [4.69, 9.17) is 32.7 Å². The molecule has 0 aliphatic heterocycles. The average molecular weight is 683 g/mol. The van der Waals surface area contributed by atoms with Crippen LogP contribution in [0.2, 0.25) is 10.0 Å². The summed E-state index contributed by atoms with van der Waals surface area (Å²) in [6, 6.07) is 26.8. The van der Waals surface area contributed by atoms with Gasteiger partial charge in [-0.15, -0.1) is 0 Å². The van der Waals surface area contributed by atoms with E-state index in [1.54, 1.807) is 19.1 Å². The van der Waals surface area contributed by atoms with Crippen molar-refractivity contribution < 1.29 is 19.1 Å². The maximum Gasteiger partial charge on any atom is 0.262 e. The molecule has 0 radical (unpaired) electrons. The highest BCUT2D eigenvalue weighted by Gasteiger charge is 2.25. The number of carbonyl (C=O) groups is 2. The molecular formula is C33H30BrCl2N3O4. The Morgan fingerprint density at radius 2 is 1.63 bits per heavy atom. The Balaban J connectivity index is 1.38. The second kappa shape index (κ2) is 15.6. The van der Waals surface area contributed by atoms with E-state index in [-0.39, 0.29) is 11.4 Å². The number of aryl methyl sites for hydroxylation is 1. The molecule has 0 spiro atoms. The number of rotatable bonds is 12. The molecule has 10 heteroatoms.